The lowest BCUT2D eigenvalue weighted by Crippen LogP contribution is -2.56. The molecule has 5 rings (SSSR count). The zero-order chi connectivity index (χ0) is 22.5. The molecular formula is C27H38O4. The Kier molecular flexibility index (Phi) is 5.95. The number of ether oxygens (including phenoxy) is 2. The van der Waals surface area contributed by atoms with Gasteiger partial charge in [0.15, 0.2) is 0 Å². The second kappa shape index (κ2) is 8.26. The normalized spacial score (nSPS) is 32.6. The van der Waals surface area contributed by atoms with E-state index >= 15 is 0 Å². The number of benzene rings is 1. The van der Waals surface area contributed by atoms with Crippen molar-refractivity contribution in [3.63, 3.8) is 0 Å². The molecule has 1 aromatic rings. The van der Waals surface area contributed by atoms with Crippen LogP contribution in [-0.4, -0.2) is 18.0 Å². The lowest BCUT2D eigenvalue weighted by atomic mass is 9.50. The third-order valence-electron chi connectivity index (χ3n) is 8.33. The van der Waals surface area contributed by atoms with Gasteiger partial charge in [-0.05, 0) is 96.0 Å². The Hall–Kier alpha value is -1.84. The molecule has 0 aliphatic heterocycles. The van der Waals surface area contributed by atoms with Gasteiger partial charge < -0.3 is 9.47 Å². The van der Waals surface area contributed by atoms with Gasteiger partial charge in [0.2, 0.25) is 0 Å². The Balaban J connectivity index is 1.40. The van der Waals surface area contributed by atoms with Crippen molar-refractivity contribution in [2.75, 3.05) is 0 Å². The number of hydrogen-bond donors (Lipinski definition) is 0. The van der Waals surface area contributed by atoms with Crippen LogP contribution >= 0.6 is 0 Å². The summed E-state index contributed by atoms with van der Waals surface area (Å²) in [6, 6.07) is 6.36. The minimum atomic E-state index is -0.425. The molecule has 0 heterocycles. The maximum atomic E-state index is 13.2. The van der Waals surface area contributed by atoms with E-state index in [1.165, 1.54) is 11.1 Å². The summed E-state index contributed by atoms with van der Waals surface area (Å²) in [6.45, 7) is 12.1. The van der Waals surface area contributed by atoms with Crippen LogP contribution in [0.25, 0.3) is 0 Å². The molecule has 4 nitrogen and oxygen atoms in total. The Labute approximate surface area is 187 Å². The fourth-order valence-electron chi connectivity index (χ4n) is 6.40. The van der Waals surface area contributed by atoms with E-state index in [-0.39, 0.29) is 30.1 Å². The van der Waals surface area contributed by atoms with E-state index in [2.05, 4.69) is 32.0 Å². The molecule has 4 heteroatoms. The smallest absolute Gasteiger partial charge is 0.311 e. The molecule has 31 heavy (non-hydrogen) atoms. The summed E-state index contributed by atoms with van der Waals surface area (Å²) in [7, 11) is 0. The summed E-state index contributed by atoms with van der Waals surface area (Å²) < 4.78 is 12.1. The van der Waals surface area contributed by atoms with Crippen molar-refractivity contribution in [2.45, 2.75) is 85.9 Å². The molecule has 1 aromatic carbocycles. The highest BCUT2D eigenvalue weighted by Gasteiger charge is 2.57. The summed E-state index contributed by atoms with van der Waals surface area (Å²) in [5, 5.41) is 0. The van der Waals surface area contributed by atoms with Crippen LogP contribution in [0.3, 0.4) is 0 Å². The van der Waals surface area contributed by atoms with Crippen LogP contribution in [0.2, 0.25) is 0 Å². The van der Waals surface area contributed by atoms with Gasteiger partial charge in [0, 0.05) is 0 Å². The predicted molar refractivity (Wildman–Crippen MR) is 120 cm³/mol. The molecule has 0 spiro atoms. The van der Waals surface area contributed by atoms with Gasteiger partial charge in [-0.1, -0.05) is 36.2 Å². The Morgan fingerprint density at radius 2 is 1.48 bits per heavy atom. The van der Waals surface area contributed by atoms with E-state index in [1.54, 1.807) is 0 Å². The van der Waals surface area contributed by atoms with E-state index in [4.69, 9.17) is 9.47 Å². The average Bonchev–Trinajstić information content (AvgIpc) is 2.68. The number of carbonyl (C=O) groups excluding carboxylic acids is 2. The van der Waals surface area contributed by atoms with Gasteiger partial charge in [-0.2, -0.15) is 0 Å². The maximum absolute atomic E-state index is 13.2. The lowest BCUT2D eigenvalue weighted by molar-refractivity contribution is -0.195. The number of rotatable bonds is 6. The van der Waals surface area contributed by atoms with E-state index in [0.29, 0.717) is 23.7 Å². The van der Waals surface area contributed by atoms with Crippen molar-refractivity contribution in [2.24, 2.45) is 35.0 Å². The van der Waals surface area contributed by atoms with Crippen molar-refractivity contribution in [3.05, 3.63) is 34.9 Å². The summed E-state index contributed by atoms with van der Waals surface area (Å²) in [5.41, 5.74) is 3.03. The topological polar surface area (TPSA) is 52.6 Å². The number of esters is 2. The molecule has 0 radical (unpaired) electrons. The molecule has 1 atom stereocenters. The molecule has 4 bridgehead atoms. The average molecular weight is 427 g/mol. The predicted octanol–water partition coefficient (Wildman–Crippen LogP) is 5.94. The van der Waals surface area contributed by atoms with Crippen LogP contribution in [0.15, 0.2) is 18.2 Å². The van der Waals surface area contributed by atoms with E-state index in [9.17, 15) is 9.59 Å². The monoisotopic (exact) mass is 426 g/mol. The first-order valence-electron chi connectivity index (χ1n) is 12.1. The molecule has 4 aliphatic rings. The number of hydrogen-bond acceptors (Lipinski definition) is 4. The summed E-state index contributed by atoms with van der Waals surface area (Å²) in [5.74, 6) is 1.46. The molecule has 0 aromatic heterocycles. The quantitative estimate of drug-likeness (QED) is 0.528. The van der Waals surface area contributed by atoms with Crippen molar-refractivity contribution >= 4 is 11.9 Å². The highest BCUT2D eigenvalue weighted by Crippen LogP contribution is 2.58. The van der Waals surface area contributed by atoms with E-state index < -0.39 is 5.41 Å². The van der Waals surface area contributed by atoms with E-state index in [0.717, 1.165) is 37.7 Å². The SMILES string of the molecule is CCC(C)(C)C(=O)OC1C2CC3CC1CC(C2)C3C(=O)OC(C)c1cc(C)cc(C)c1. The minimum Gasteiger partial charge on any atom is -0.461 e. The molecule has 0 saturated heterocycles. The standard InChI is InChI=1S/C27H38O4/c1-7-27(5,6)26(29)31-24-21-11-19-12-22(24)14-20(13-21)23(19)25(28)30-17(4)18-9-15(2)8-16(3)10-18/h8-10,17,19-24H,7,11-14H2,1-6H3. The molecule has 0 amide bonds. The second-order valence-corrected chi connectivity index (χ2v) is 11.1. The van der Waals surface area contributed by atoms with Crippen LogP contribution in [0, 0.1) is 48.9 Å². The highest BCUT2D eigenvalue weighted by molar-refractivity contribution is 5.76. The summed E-state index contributed by atoms with van der Waals surface area (Å²) >= 11 is 0. The first kappa shape index (κ1) is 22.4. The van der Waals surface area contributed by atoms with Gasteiger partial charge in [-0.3, -0.25) is 9.59 Å². The van der Waals surface area contributed by atoms with Crippen LogP contribution in [-0.2, 0) is 19.1 Å². The van der Waals surface area contributed by atoms with Crippen molar-refractivity contribution in [1.29, 1.82) is 0 Å². The van der Waals surface area contributed by atoms with Crippen molar-refractivity contribution in [1.82, 2.24) is 0 Å². The van der Waals surface area contributed by atoms with Gasteiger partial charge in [0.25, 0.3) is 0 Å². The number of carbonyl (C=O) groups is 2. The largest absolute Gasteiger partial charge is 0.461 e. The molecule has 4 aliphatic carbocycles. The van der Waals surface area contributed by atoms with Gasteiger partial charge in [-0.15, -0.1) is 0 Å². The molecule has 1 unspecified atom stereocenters. The third kappa shape index (κ3) is 4.27. The molecule has 0 N–H and O–H groups in total. The Morgan fingerprint density at radius 1 is 0.968 bits per heavy atom. The fraction of sp³-hybridized carbons (Fsp3) is 0.704. The van der Waals surface area contributed by atoms with Crippen LogP contribution in [0.5, 0.6) is 0 Å². The van der Waals surface area contributed by atoms with Crippen LogP contribution in [0.4, 0.5) is 0 Å². The minimum absolute atomic E-state index is 0.00425. The first-order valence-corrected chi connectivity index (χ1v) is 12.1. The van der Waals surface area contributed by atoms with E-state index in [1.807, 2.05) is 27.7 Å². The molecular weight excluding hydrogens is 388 g/mol. The van der Waals surface area contributed by atoms with Crippen LogP contribution < -0.4 is 0 Å². The maximum Gasteiger partial charge on any atom is 0.311 e. The highest BCUT2D eigenvalue weighted by atomic mass is 16.5. The van der Waals surface area contributed by atoms with Gasteiger partial charge in [-0.25, -0.2) is 0 Å². The summed E-state index contributed by atoms with van der Waals surface area (Å²) in [6.07, 6.45) is 4.52. The molecule has 4 saturated carbocycles. The molecule has 170 valence electrons. The Morgan fingerprint density at radius 3 is 1.97 bits per heavy atom. The lowest BCUT2D eigenvalue weighted by Gasteiger charge is -2.56. The third-order valence-corrected chi connectivity index (χ3v) is 8.33. The van der Waals surface area contributed by atoms with Gasteiger partial charge in [0.05, 0.1) is 11.3 Å². The second-order valence-electron chi connectivity index (χ2n) is 11.1. The number of aryl methyl sites for hydroxylation is 2. The van der Waals surface area contributed by atoms with Gasteiger partial charge >= 0.3 is 11.9 Å². The van der Waals surface area contributed by atoms with Crippen LogP contribution in [0.1, 0.15) is 82.6 Å². The molecule has 4 fully saturated rings. The van der Waals surface area contributed by atoms with Crippen molar-refractivity contribution in [3.8, 4) is 0 Å². The van der Waals surface area contributed by atoms with Crippen molar-refractivity contribution < 1.29 is 19.1 Å². The fourth-order valence-corrected chi connectivity index (χ4v) is 6.40. The Bertz CT molecular complexity index is 805. The zero-order valence-corrected chi connectivity index (χ0v) is 19.9. The van der Waals surface area contributed by atoms with Gasteiger partial charge in [0.1, 0.15) is 12.2 Å². The first-order chi connectivity index (χ1) is 14.6. The summed E-state index contributed by atoms with van der Waals surface area (Å²) in [4.78, 5) is 25.9. The zero-order valence-electron chi connectivity index (χ0n) is 19.9.